The van der Waals surface area contributed by atoms with E-state index >= 15 is 0 Å². The number of nitrogens with zero attached hydrogens (tertiary/aromatic N) is 1. The van der Waals surface area contributed by atoms with Crippen molar-refractivity contribution in [3.63, 3.8) is 0 Å². The Labute approximate surface area is 149 Å². The zero-order valence-corrected chi connectivity index (χ0v) is 14.3. The number of carbonyl (C=O) groups is 3. The third-order valence-corrected chi connectivity index (χ3v) is 3.96. The predicted octanol–water partition coefficient (Wildman–Crippen LogP) is 2.67. The SMILES string of the molecule is Cc1c(C(=O)O)cccc1C(=O)O.Cn1cc(C(N)=O)c2ccccc21. The van der Waals surface area contributed by atoms with Crippen molar-refractivity contribution < 1.29 is 24.6 Å². The molecule has 2 aromatic carbocycles. The first kappa shape index (κ1) is 18.7. The molecule has 1 amide bonds. The summed E-state index contributed by atoms with van der Waals surface area (Å²) in [5.74, 6) is -2.60. The van der Waals surface area contributed by atoms with E-state index in [4.69, 9.17) is 15.9 Å². The van der Waals surface area contributed by atoms with Crippen LogP contribution in [0, 0.1) is 6.92 Å². The van der Waals surface area contributed by atoms with Crippen molar-refractivity contribution in [2.45, 2.75) is 6.92 Å². The van der Waals surface area contributed by atoms with Crippen LogP contribution in [0.1, 0.15) is 36.6 Å². The fourth-order valence-electron chi connectivity index (χ4n) is 2.64. The number of aromatic nitrogens is 1. The number of rotatable bonds is 3. The van der Waals surface area contributed by atoms with Gasteiger partial charge in [0, 0.05) is 24.1 Å². The number of amides is 1. The summed E-state index contributed by atoms with van der Waals surface area (Å²) in [5, 5.41) is 18.3. The van der Waals surface area contributed by atoms with E-state index in [9.17, 15) is 14.4 Å². The van der Waals surface area contributed by atoms with Crippen molar-refractivity contribution in [3.05, 3.63) is 70.9 Å². The topological polar surface area (TPSA) is 123 Å². The van der Waals surface area contributed by atoms with Crippen molar-refractivity contribution in [2.75, 3.05) is 0 Å². The standard InChI is InChI=1S/C10H10N2O.C9H8O4/c1-12-6-8(10(11)13)7-4-2-3-5-9(7)12;1-5-6(8(10)11)3-2-4-7(5)9(12)13/h2-6H,1H3,(H2,11,13);2-4H,1H3,(H,10,11)(H,12,13). The molecule has 0 saturated heterocycles. The minimum atomic E-state index is -1.11. The smallest absolute Gasteiger partial charge is 0.335 e. The molecule has 0 bridgehead atoms. The number of aryl methyl sites for hydroxylation is 1. The number of hydrogen-bond acceptors (Lipinski definition) is 3. The second-order valence-electron chi connectivity index (χ2n) is 5.62. The normalized spacial score (nSPS) is 10.1. The highest BCUT2D eigenvalue weighted by Gasteiger charge is 2.13. The summed E-state index contributed by atoms with van der Waals surface area (Å²) >= 11 is 0. The lowest BCUT2D eigenvalue weighted by atomic mass is 10.0. The quantitative estimate of drug-likeness (QED) is 0.667. The fourth-order valence-corrected chi connectivity index (χ4v) is 2.64. The molecular formula is C19H18N2O5. The molecule has 0 atom stereocenters. The van der Waals surface area contributed by atoms with Gasteiger partial charge in [-0.1, -0.05) is 24.3 Å². The van der Waals surface area contributed by atoms with Crippen LogP contribution in [0.2, 0.25) is 0 Å². The number of hydrogen-bond donors (Lipinski definition) is 3. The van der Waals surface area contributed by atoms with Gasteiger partial charge in [0.1, 0.15) is 0 Å². The van der Waals surface area contributed by atoms with Crippen molar-refractivity contribution in [3.8, 4) is 0 Å². The van der Waals surface area contributed by atoms with Crippen molar-refractivity contribution in [1.29, 1.82) is 0 Å². The van der Waals surface area contributed by atoms with E-state index in [-0.39, 0.29) is 22.6 Å². The Bertz CT molecular complexity index is 972. The number of carboxylic acids is 2. The summed E-state index contributed by atoms with van der Waals surface area (Å²) in [5.41, 5.74) is 7.18. The lowest BCUT2D eigenvalue weighted by Gasteiger charge is -2.03. The number of primary amides is 1. The Kier molecular flexibility index (Phi) is 5.42. The second-order valence-corrected chi connectivity index (χ2v) is 5.62. The molecule has 0 aliphatic carbocycles. The predicted molar refractivity (Wildman–Crippen MR) is 96.5 cm³/mol. The van der Waals surface area contributed by atoms with Gasteiger partial charge in [0.05, 0.1) is 16.7 Å². The van der Waals surface area contributed by atoms with E-state index < -0.39 is 11.9 Å². The lowest BCUT2D eigenvalue weighted by Crippen LogP contribution is -2.09. The van der Waals surface area contributed by atoms with E-state index in [2.05, 4.69) is 0 Å². The first-order valence-electron chi connectivity index (χ1n) is 7.64. The molecule has 0 fully saturated rings. The van der Waals surface area contributed by atoms with Gasteiger partial charge in [-0.05, 0) is 30.7 Å². The maximum atomic E-state index is 11.0. The minimum absolute atomic E-state index is 0.0277. The van der Waals surface area contributed by atoms with E-state index in [1.165, 1.54) is 25.1 Å². The number of nitrogens with two attached hydrogens (primary N) is 1. The molecule has 4 N–H and O–H groups in total. The average Bonchev–Trinajstić information content (AvgIpc) is 2.93. The Morgan fingerprint density at radius 3 is 1.92 bits per heavy atom. The Morgan fingerprint density at radius 1 is 0.885 bits per heavy atom. The third-order valence-electron chi connectivity index (χ3n) is 3.96. The van der Waals surface area contributed by atoms with Gasteiger partial charge in [0.25, 0.3) is 5.91 Å². The van der Waals surface area contributed by atoms with Gasteiger partial charge in [0.15, 0.2) is 0 Å². The third kappa shape index (κ3) is 3.72. The summed E-state index contributed by atoms with van der Waals surface area (Å²) in [6, 6.07) is 11.9. The van der Waals surface area contributed by atoms with Crippen molar-refractivity contribution in [2.24, 2.45) is 12.8 Å². The zero-order chi connectivity index (χ0) is 19.4. The first-order chi connectivity index (χ1) is 12.2. The minimum Gasteiger partial charge on any atom is -0.478 e. The number of carboxylic acid groups (broad SMARTS) is 2. The highest BCUT2D eigenvalue weighted by molar-refractivity contribution is 6.06. The van der Waals surface area contributed by atoms with Gasteiger partial charge in [-0.15, -0.1) is 0 Å². The van der Waals surface area contributed by atoms with Crippen LogP contribution in [0.4, 0.5) is 0 Å². The number of fused-ring (bicyclic) bond motifs is 1. The van der Waals surface area contributed by atoms with Crippen LogP contribution >= 0.6 is 0 Å². The summed E-state index contributed by atoms with van der Waals surface area (Å²) in [7, 11) is 1.90. The fraction of sp³-hybridized carbons (Fsp3) is 0.105. The van der Waals surface area contributed by atoms with E-state index in [1.807, 2.05) is 35.9 Å². The lowest BCUT2D eigenvalue weighted by molar-refractivity contribution is 0.0696. The summed E-state index contributed by atoms with van der Waals surface area (Å²) in [6.45, 7) is 1.48. The summed E-state index contributed by atoms with van der Waals surface area (Å²) in [4.78, 5) is 32.2. The molecule has 0 spiro atoms. The number of carbonyl (C=O) groups excluding carboxylic acids is 1. The molecule has 0 unspecified atom stereocenters. The average molecular weight is 354 g/mol. The molecule has 0 radical (unpaired) electrons. The van der Waals surface area contributed by atoms with Gasteiger partial charge >= 0.3 is 11.9 Å². The van der Waals surface area contributed by atoms with Crippen LogP contribution in [0.15, 0.2) is 48.7 Å². The highest BCUT2D eigenvalue weighted by atomic mass is 16.4. The summed E-state index contributed by atoms with van der Waals surface area (Å²) in [6.07, 6.45) is 1.76. The molecule has 0 saturated carbocycles. The van der Waals surface area contributed by atoms with Gasteiger partial charge in [-0.2, -0.15) is 0 Å². The molecule has 7 heteroatoms. The van der Waals surface area contributed by atoms with Crippen LogP contribution in [-0.4, -0.2) is 32.6 Å². The first-order valence-corrected chi connectivity index (χ1v) is 7.64. The molecule has 0 aliphatic rings. The molecule has 1 aromatic heterocycles. The van der Waals surface area contributed by atoms with E-state index in [0.29, 0.717) is 5.56 Å². The van der Waals surface area contributed by atoms with Crippen LogP contribution in [0.3, 0.4) is 0 Å². The molecule has 1 heterocycles. The maximum absolute atomic E-state index is 11.0. The van der Waals surface area contributed by atoms with Crippen molar-refractivity contribution >= 4 is 28.7 Å². The molecule has 7 nitrogen and oxygen atoms in total. The van der Waals surface area contributed by atoms with E-state index in [1.54, 1.807) is 6.20 Å². The van der Waals surface area contributed by atoms with Crippen LogP contribution in [0.25, 0.3) is 10.9 Å². The molecule has 3 rings (SSSR count). The number of aromatic carboxylic acids is 2. The molecule has 26 heavy (non-hydrogen) atoms. The maximum Gasteiger partial charge on any atom is 0.335 e. The molecule has 3 aromatic rings. The van der Waals surface area contributed by atoms with Crippen LogP contribution < -0.4 is 5.73 Å². The number of para-hydroxylation sites is 1. The van der Waals surface area contributed by atoms with Gasteiger partial charge in [-0.3, -0.25) is 4.79 Å². The number of benzene rings is 2. The van der Waals surface area contributed by atoms with Crippen LogP contribution in [-0.2, 0) is 7.05 Å². The molecular weight excluding hydrogens is 336 g/mol. The van der Waals surface area contributed by atoms with Gasteiger partial charge in [-0.25, -0.2) is 9.59 Å². The van der Waals surface area contributed by atoms with Gasteiger partial charge < -0.3 is 20.5 Å². The Morgan fingerprint density at radius 2 is 1.42 bits per heavy atom. The van der Waals surface area contributed by atoms with Crippen LogP contribution in [0.5, 0.6) is 0 Å². The van der Waals surface area contributed by atoms with E-state index in [0.717, 1.165) is 10.9 Å². The highest BCUT2D eigenvalue weighted by Crippen LogP contribution is 2.19. The Balaban J connectivity index is 0.000000187. The molecule has 0 aliphatic heterocycles. The second kappa shape index (κ2) is 7.52. The summed E-state index contributed by atoms with van der Waals surface area (Å²) < 4.78 is 1.90. The Hall–Kier alpha value is -3.61. The van der Waals surface area contributed by atoms with Gasteiger partial charge in [0.2, 0.25) is 0 Å². The molecule has 134 valence electrons. The monoisotopic (exact) mass is 354 g/mol. The van der Waals surface area contributed by atoms with Crippen molar-refractivity contribution in [1.82, 2.24) is 4.57 Å². The largest absolute Gasteiger partial charge is 0.478 e. The zero-order valence-electron chi connectivity index (χ0n) is 14.3.